The molecule has 0 aromatic rings. The molecule has 0 spiro atoms. The standard InChI is InChI=1S/3C18H36O2.2Al/c3*1-2-3-4-5-6-7-8-9-10-11-12-13-14-15-16-17-18(19)20;;/h3*18H,2-17H2,1H3;;/q3*-2;2*+3. The normalized spacial score (nSPS) is 11.0. The average molecular weight is 907 g/mol. The molecule has 0 aliphatic carbocycles. The number of hydrogen-bond acceptors (Lipinski definition) is 6. The topological polar surface area (TPSA) is 138 Å². The minimum absolute atomic E-state index is 0. The summed E-state index contributed by atoms with van der Waals surface area (Å²) in [6, 6.07) is 0. The fraction of sp³-hybridized carbons (Fsp3) is 1.00. The van der Waals surface area contributed by atoms with Crippen LogP contribution in [-0.2, 0) is 0 Å². The van der Waals surface area contributed by atoms with E-state index in [1.54, 1.807) is 0 Å². The summed E-state index contributed by atoms with van der Waals surface area (Å²) in [4.78, 5) is 0. The van der Waals surface area contributed by atoms with Gasteiger partial charge in [-0.25, -0.2) is 18.9 Å². The van der Waals surface area contributed by atoms with E-state index in [2.05, 4.69) is 20.8 Å². The van der Waals surface area contributed by atoms with E-state index in [4.69, 9.17) is 0 Å². The number of unbranched alkanes of at least 4 members (excludes halogenated alkanes) is 42. The zero-order valence-corrected chi connectivity index (χ0v) is 44.6. The summed E-state index contributed by atoms with van der Waals surface area (Å²) in [6.45, 7) is 6.80. The molecule has 0 atom stereocenters. The second-order valence-electron chi connectivity index (χ2n) is 18.5. The van der Waals surface area contributed by atoms with Crippen LogP contribution in [0.3, 0.4) is 0 Å². The molecule has 0 N–H and O–H groups in total. The summed E-state index contributed by atoms with van der Waals surface area (Å²) >= 11 is 0. The predicted molar refractivity (Wildman–Crippen MR) is 262 cm³/mol. The Morgan fingerprint density at radius 3 is 0.371 bits per heavy atom. The summed E-state index contributed by atoms with van der Waals surface area (Å²) in [7, 11) is 0. The van der Waals surface area contributed by atoms with Crippen molar-refractivity contribution in [2.45, 2.75) is 348 Å². The van der Waals surface area contributed by atoms with Gasteiger partial charge in [-0.2, -0.15) is 0 Å². The molecule has 0 aliphatic rings. The third-order valence-electron chi connectivity index (χ3n) is 12.1. The maximum atomic E-state index is 10.3. The van der Waals surface area contributed by atoms with E-state index in [9.17, 15) is 30.6 Å². The molecule has 0 rings (SSSR count). The van der Waals surface area contributed by atoms with Crippen LogP contribution in [0.15, 0.2) is 0 Å². The van der Waals surface area contributed by atoms with E-state index < -0.39 is 18.9 Å². The van der Waals surface area contributed by atoms with Gasteiger partial charge < -0.3 is 30.6 Å². The van der Waals surface area contributed by atoms with Gasteiger partial charge in [0.15, 0.2) is 0 Å². The molecule has 0 aromatic heterocycles. The Labute approximate surface area is 411 Å². The van der Waals surface area contributed by atoms with Crippen molar-refractivity contribution in [2.24, 2.45) is 0 Å². The fourth-order valence-corrected chi connectivity index (χ4v) is 8.05. The van der Waals surface area contributed by atoms with E-state index in [0.717, 1.165) is 38.5 Å². The summed E-state index contributed by atoms with van der Waals surface area (Å²) in [5, 5.41) is 61.8. The largest absolute Gasteiger partial charge is 3.00 e. The molecule has 62 heavy (non-hydrogen) atoms. The van der Waals surface area contributed by atoms with E-state index in [1.807, 2.05) is 0 Å². The molecule has 0 radical (unpaired) electrons. The Hall–Kier alpha value is 0.825. The zero-order valence-electron chi connectivity index (χ0n) is 42.3. The van der Waals surface area contributed by atoms with Crippen LogP contribution < -0.4 is 30.6 Å². The molecular formula is C54H108Al2O6. The molecule has 366 valence electrons. The first kappa shape index (κ1) is 71.8. The first-order chi connectivity index (χ1) is 29.3. The van der Waals surface area contributed by atoms with E-state index in [1.165, 1.54) is 250 Å². The maximum Gasteiger partial charge on any atom is 3.00 e. The quantitative estimate of drug-likeness (QED) is 0.0338. The van der Waals surface area contributed by atoms with Gasteiger partial charge in [-0.05, 0) is 0 Å². The molecule has 0 bridgehead atoms. The van der Waals surface area contributed by atoms with Crippen molar-refractivity contribution in [3.63, 3.8) is 0 Å². The van der Waals surface area contributed by atoms with Crippen molar-refractivity contribution in [1.29, 1.82) is 0 Å². The third-order valence-corrected chi connectivity index (χ3v) is 12.1. The van der Waals surface area contributed by atoms with Crippen molar-refractivity contribution in [1.82, 2.24) is 0 Å². The Kier molecular flexibility index (Phi) is 79.2. The number of hydrogen-bond donors (Lipinski definition) is 0. The summed E-state index contributed by atoms with van der Waals surface area (Å²) < 4.78 is 0. The molecule has 6 nitrogen and oxygen atoms in total. The van der Waals surface area contributed by atoms with Gasteiger partial charge in [0, 0.05) is 0 Å². The molecule has 0 aromatic carbocycles. The van der Waals surface area contributed by atoms with Gasteiger partial charge in [-0.3, -0.25) is 0 Å². The van der Waals surface area contributed by atoms with Gasteiger partial charge in [-0.15, -0.1) is 0 Å². The Morgan fingerprint density at radius 2 is 0.274 bits per heavy atom. The molecular weight excluding hydrogens is 799 g/mol. The summed E-state index contributed by atoms with van der Waals surface area (Å²) in [5.41, 5.74) is 0. The van der Waals surface area contributed by atoms with Crippen LogP contribution in [0.4, 0.5) is 0 Å². The van der Waals surface area contributed by atoms with Gasteiger partial charge in [0.25, 0.3) is 0 Å². The van der Waals surface area contributed by atoms with Crippen LogP contribution in [0.5, 0.6) is 0 Å². The molecule has 0 fully saturated rings. The van der Waals surface area contributed by atoms with Crippen molar-refractivity contribution in [3.8, 4) is 0 Å². The van der Waals surface area contributed by atoms with Crippen LogP contribution >= 0.6 is 0 Å². The number of rotatable bonds is 48. The molecule has 0 unspecified atom stereocenters. The predicted octanol–water partition coefficient (Wildman–Crippen LogP) is 12.1. The molecule has 0 aliphatic heterocycles. The molecule has 0 saturated heterocycles. The SMILES string of the molecule is CCCCCCCCCCCCCCCCCC([O-])[O-].CCCCCCCCCCCCCCCCCC([O-])[O-].CCCCCCCCCCCCCCCCCC([O-])[O-].[Al+3].[Al+3]. The summed E-state index contributed by atoms with van der Waals surface area (Å²) in [5.74, 6) is 0. The van der Waals surface area contributed by atoms with Gasteiger partial charge in [0.05, 0.1) is 0 Å². The fourth-order valence-electron chi connectivity index (χ4n) is 8.05. The van der Waals surface area contributed by atoms with Gasteiger partial charge in [0.1, 0.15) is 0 Å². The second-order valence-corrected chi connectivity index (χ2v) is 18.5. The second kappa shape index (κ2) is 68.4. The molecule has 0 heterocycles. The molecule has 8 heteroatoms. The maximum absolute atomic E-state index is 10.3. The Bertz CT molecular complexity index is 609. The third kappa shape index (κ3) is 81.1. The summed E-state index contributed by atoms with van der Waals surface area (Å²) in [6.07, 6.45) is 55.4. The van der Waals surface area contributed by atoms with Gasteiger partial charge in [0.2, 0.25) is 0 Å². The zero-order chi connectivity index (χ0) is 44.7. The van der Waals surface area contributed by atoms with Crippen molar-refractivity contribution >= 4 is 34.7 Å². The van der Waals surface area contributed by atoms with Crippen LogP contribution in [0.2, 0.25) is 0 Å². The molecule has 0 amide bonds. The van der Waals surface area contributed by atoms with Crippen LogP contribution in [0.25, 0.3) is 0 Å². The van der Waals surface area contributed by atoms with Crippen LogP contribution in [0.1, 0.15) is 329 Å². The van der Waals surface area contributed by atoms with Crippen LogP contribution in [-0.4, -0.2) is 53.6 Å². The molecule has 0 saturated carbocycles. The minimum Gasteiger partial charge on any atom is -0.865 e. The van der Waals surface area contributed by atoms with E-state index in [-0.39, 0.29) is 34.7 Å². The monoisotopic (exact) mass is 907 g/mol. The Balaban J connectivity index is -0.000000258. The average Bonchev–Trinajstić information content (AvgIpc) is 3.22. The smallest absolute Gasteiger partial charge is 0.865 e. The first-order valence-electron chi connectivity index (χ1n) is 27.3. The van der Waals surface area contributed by atoms with E-state index in [0.29, 0.717) is 19.3 Å². The van der Waals surface area contributed by atoms with Crippen LogP contribution in [0, 0.1) is 0 Å². The van der Waals surface area contributed by atoms with Crippen molar-refractivity contribution in [2.75, 3.05) is 0 Å². The van der Waals surface area contributed by atoms with Crippen molar-refractivity contribution < 1.29 is 30.6 Å². The first-order valence-corrected chi connectivity index (χ1v) is 27.3. The van der Waals surface area contributed by atoms with Crippen molar-refractivity contribution in [3.05, 3.63) is 0 Å². The van der Waals surface area contributed by atoms with Gasteiger partial charge >= 0.3 is 34.7 Å². The minimum atomic E-state index is -1.60. The van der Waals surface area contributed by atoms with E-state index >= 15 is 0 Å². The van der Waals surface area contributed by atoms with Gasteiger partial charge in [-0.1, -0.05) is 329 Å². The Morgan fingerprint density at radius 1 is 0.177 bits per heavy atom.